The molecule has 1 aliphatic carbocycles. The number of imide groups is 1. The van der Waals surface area contributed by atoms with Gasteiger partial charge in [-0.1, -0.05) is 30.1 Å². The van der Waals surface area contributed by atoms with E-state index in [0.29, 0.717) is 17.8 Å². The standard InChI is InChI=1S/C16H23N5O4/c1-10-6-4-5-7-16(10)14(23)21(15(24)17-16)9-13(22)20(3)8-12-11(2)18-25-19-12/h10H,4-9H2,1-3H3,(H,17,24). The molecule has 9 nitrogen and oxygen atoms in total. The van der Waals surface area contributed by atoms with Gasteiger partial charge in [0, 0.05) is 7.05 Å². The first-order valence-electron chi connectivity index (χ1n) is 8.51. The van der Waals surface area contributed by atoms with Gasteiger partial charge in [-0.2, -0.15) is 0 Å². The van der Waals surface area contributed by atoms with Gasteiger partial charge < -0.3 is 10.2 Å². The van der Waals surface area contributed by atoms with Crippen LogP contribution in [0.1, 0.15) is 44.0 Å². The molecule has 136 valence electrons. The number of hydrogen-bond donors (Lipinski definition) is 1. The molecule has 0 radical (unpaired) electrons. The number of aromatic nitrogens is 2. The van der Waals surface area contributed by atoms with Crippen molar-refractivity contribution in [2.45, 2.75) is 51.6 Å². The Labute approximate surface area is 145 Å². The highest BCUT2D eigenvalue weighted by Gasteiger charge is 2.55. The van der Waals surface area contributed by atoms with E-state index in [0.717, 1.165) is 24.2 Å². The van der Waals surface area contributed by atoms with E-state index in [-0.39, 0.29) is 30.8 Å². The Kier molecular flexibility index (Phi) is 4.49. The van der Waals surface area contributed by atoms with Crippen LogP contribution in [-0.4, -0.2) is 57.1 Å². The summed E-state index contributed by atoms with van der Waals surface area (Å²) in [7, 11) is 1.59. The molecule has 1 spiro atoms. The largest absolute Gasteiger partial charge is 0.338 e. The highest BCUT2D eigenvalue weighted by atomic mass is 16.6. The third-order valence-corrected chi connectivity index (χ3v) is 5.35. The fourth-order valence-electron chi connectivity index (χ4n) is 3.60. The van der Waals surface area contributed by atoms with E-state index >= 15 is 0 Å². The minimum atomic E-state index is -0.846. The minimum Gasteiger partial charge on any atom is -0.338 e. The van der Waals surface area contributed by atoms with Gasteiger partial charge in [-0.3, -0.25) is 14.5 Å². The summed E-state index contributed by atoms with van der Waals surface area (Å²) in [6, 6.07) is -0.486. The van der Waals surface area contributed by atoms with E-state index in [2.05, 4.69) is 20.3 Å². The highest BCUT2D eigenvalue weighted by molar-refractivity contribution is 6.09. The van der Waals surface area contributed by atoms with Crippen molar-refractivity contribution < 1.29 is 19.0 Å². The minimum absolute atomic E-state index is 0.0689. The molecule has 0 aromatic carbocycles. The van der Waals surface area contributed by atoms with Crippen molar-refractivity contribution in [3.05, 3.63) is 11.4 Å². The number of aryl methyl sites for hydroxylation is 1. The van der Waals surface area contributed by atoms with Crippen LogP contribution in [0.4, 0.5) is 4.79 Å². The molecule has 2 heterocycles. The molecule has 2 atom stereocenters. The Balaban J connectivity index is 1.67. The second-order valence-corrected chi connectivity index (χ2v) is 6.99. The second-order valence-electron chi connectivity index (χ2n) is 6.99. The van der Waals surface area contributed by atoms with Gasteiger partial charge in [0.2, 0.25) is 5.91 Å². The summed E-state index contributed by atoms with van der Waals surface area (Å²) < 4.78 is 4.61. The predicted octanol–water partition coefficient (Wildman–Crippen LogP) is 0.837. The monoisotopic (exact) mass is 349 g/mol. The number of carbonyl (C=O) groups is 3. The number of amides is 4. The zero-order valence-electron chi connectivity index (χ0n) is 14.7. The Morgan fingerprint density at radius 3 is 2.80 bits per heavy atom. The van der Waals surface area contributed by atoms with Crippen molar-refractivity contribution in [3.63, 3.8) is 0 Å². The van der Waals surface area contributed by atoms with Gasteiger partial charge in [0.15, 0.2) is 0 Å². The summed E-state index contributed by atoms with van der Waals surface area (Å²) in [4.78, 5) is 40.1. The lowest BCUT2D eigenvalue weighted by molar-refractivity contribution is -0.140. The zero-order chi connectivity index (χ0) is 18.2. The van der Waals surface area contributed by atoms with Crippen molar-refractivity contribution >= 4 is 17.8 Å². The maximum Gasteiger partial charge on any atom is 0.325 e. The van der Waals surface area contributed by atoms with Crippen LogP contribution in [0, 0.1) is 12.8 Å². The lowest BCUT2D eigenvalue weighted by atomic mass is 9.73. The topological polar surface area (TPSA) is 109 Å². The summed E-state index contributed by atoms with van der Waals surface area (Å²) in [5.74, 6) is -0.559. The first-order valence-corrected chi connectivity index (χ1v) is 8.51. The molecule has 2 unspecified atom stereocenters. The molecule has 2 aliphatic rings. The fourth-order valence-corrected chi connectivity index (χ4v) is 3.60. The van der Waals surface area contributed by atoms with Crippen molar-refractivity contribution in [3.8, 4) is 0 Å². The third-order valence-electron chi connectivity index (χ3n) is 5.35. The van der Waals surface area contributed by atoms with Gasteiger partial charge in [-0.25, -0.2) is 9.42 Å². The first kappa shape index (κ1) is 17.4. The van der Waals surface area contributed by atoms with Crippen molar-refractivity contribution in [1.82, 2.24) is 25.4 Å². The van der Waals surface area contributed by atoms with E-state index in [1.807, 2.05) is 6.92 Å². The number of hydrogen-bond acceptors (Lipinski definition) is 6. The second kappa shape index (κ2) is 6.45. The fraction of sp³-hybridized carbons (Fsp3) is 0.688. The lowest BCUT2D eigenvalue weighted by Gasteiger charge is -2.36. The molecule has 1 aromatic heterocycles. The smallest absolute Gasteiger partial charge is 0.325 e. The van der Waals surface area contributed by atoms with Crippen LogP contribution >= 0.6 is 0 Å². The van der Waals surface area contributed by atoms with Crippen molar-refractivity contribution in [1.29, 1.82) is 0 Å². The molecule has 1 N–H and O–H groups in total. The Bertz CT molecular complexity index is 702. The molecule has 1 aromatic rings. The molecular weight excluding hydrogens is 326 g/mol. The predicted molar refractivity (Wildman–Crippen MR) is 86.1 cm³/mol. The van der Waals surface area contributed by atoms with Gasteiger partial charge in [0.1, 0.15) is 23.5 Å². The van der Waals surface area contributed by atoms with Crippen LogP contribution in [-0.2, 0) is 16.1 Å². The summed E-state index contributed by atoms with van der Waals surface area (Å²) in [5, 5.41) is 10.3. The molecular formula is C16H23N5O4. The molecule has 3 rings (SSSR count). The molecule has 1 saturated carbocycles. The van der Waals surface area contributed by atoms with Crippen molar-refractivity contribution in [2.24, 2.45) is 5.92 Å². The average Bonchev–Trinajstić information content (AvgIpc) is 3.07. The quantitative estimate of drug-likeness (QED) is 0.807. The van der Waals surface area contributed by atoms with Crippen molar-refractivity contribution in [2.75, 3.05) is 13.6 Å². The van der Waals surface area contributed by atoms with E-state index in [1.54, 1.807) is 14.0 Å². The van der Waals surface area contributed by atoms with Gasteiger partial charge in [-0.05, 0) is 25.7 Å². The number of carbonyl (C=O) groups excluding carboxylic acids is 3. The number of nitrogens with zero attached hydrogens (tertiary/aromatic N) is 4. The maximum absolute atomic E-state index is 12.9. The molecule has 25 heavy (non-hydrogen) atoms. The molecule has 1 saturated heterocycles. The maximum atomic E-state index is 12.9. The van der Waals surface area contributed by atoms with Crippen LogP contribution in [0.5, 0.6) is 0 Å². The van der Waals surface area contributed by atoms with E-state index < -0.39 is 11.6 Å². The number of urea groups is 1. The number of likely N-dealkylation sites (N-methyl/N-ethyl adjacent to an activating group) is 1. The Hall–Kier alpha value is -2.45. The van der Waals surface area contributed by atoms with Crippen LogP contribution in [0.15, 0.2) is 4.63 Å². The zero-order valence-corrected chi connectivity index (χ0v) is 14.7. The van der Waals surface area contributed by atoms with Crippen LogP contribution in [0.2, 0.25) is 0 Å². The Morgan fingerprint density at radius 2 is 2.16 bits per heavy atom. The van der Waals surface area contributed by atoms with Gasteiger partial charge in [0.05, 0.1) is 6.54 Å². The Morgan fingerprint density at radius 1 is 1.40 bits per heavy atom. The van der Waals surface area contributed by atoms with E-state index in [9.17, 15) is 14.4 Å². The van der Waals surface area contributed by atoms with Gasteiger partial charge >= 0.3 is 6.03 Å². The SMILES string of the molecule is Cc1nonc1CN(C)C(=O)CN1C(=O)NC2(CCCCC2C)C1=O. The van der Waals surface area contributed by atoms with E-state index in [4.69, 9.17) is 0 Å². The molecule has 9 heteroatoms. The summed E-state index contributed by atoms with van der Waals surface area (Å²) in [6.45, 7) is 3.64. The summed E-state index contributed by atoms with van der Waals surface area (Å²) >= 11 is 0. The van der Waals surface area contributed by atoms with Crippen LogP contribution < -0.4 is 5.32 Å². The summed E-state index contributed by atoms with van der Waals surface area (Å²) in [6.07, 6.45) is 3.48. The van der Waals surface area contributed by atoms with Gasteiger partial charge in [0.25, 0.3) is 5.91 Å². The molecule has 1 aliphatic heterocycles. The number of nitrogens with one attached hydrogen (secondary N) is 1. The normalized spacial score (nSPS) is 26.2. The number of rotatable bonds is 4. The third kappa shape index (κ3) is 2.98. The molecule has 2 fully saturated rings. The molecule has 0 bridgehead atoms. The summed E-state index contributed by atoms with van der Waals surface area (Å²) in [5.41, 5.74) is 0.302. The van der Waals surface area contributed by atoms with E-state index in [1.165, 1.54) is 4.90 Å². The molecule has 4 amide bonds. The lowest BCUT2D eigenvalue weighted by Crippen LogP contribution is -2.54. The average molecular weight is 349 g/mol. The van der Waals surface area contributed by atoms with Crippen LogP contribution in [0.25, 0.3) is 0 Å². The first-order chi connectivity index (χ1) is 11.8. The highest BCUT2D eigenvalue weighted by Crippen LogP contribution is 2.38. The van der Waals surface area contributed by atoms with Gasteiger partial charge in [-0.15, -0.1) is 0 Å². The van der Waals surface area contributed by atoms with Crippen LogP contribution in [0.3, 0.4) is 0 Å².